The van der Waals surface area contributed by atoms with Crippen molar-refractivity contribution in [3.8, 4) is 0 Å². The Bertz CT molecular complexity index is 1020. The molecule has 1 N–H and O–H groups in total. The highest BCUT2D eigenvalue weighted by Gasteiger charge is 2.14. The maximum atomic E-state index is 12.5. The van der Waals surface area contributed by atoms with E-state index in [0.717, 1.165) is 5.39 Å². The Balaban J connectivity index is 1.81. The molecule has 3 rings (SSSR count). The molecule has 6 nitrogen and oxygen atoms in total. The normalized spacial score (nSPS) is 10.5. The molecule has 0 fully saturated rings. The number of aromatic nitrogens is 1. The van der Waals surface area contributed by atoms with Crippen LogP contribution >= 0.6 is 0 Å². The van der Waals surface area contributed by atoms with E-state index in [1.165, 1.54) is 4.57 Å². The van der Waals surface area contributed by atoms with Gasteiger partial charge in [0.2, 0.25) is 5.91 Å². The average molecular weight is 350 g/mol. The van der Waals surface area contributed by atoms with Crippen LogP contribution in [0.2, 0.25) is 0 Å². The highest BCUT2D eigenvalue weighted by atomic mass is 16.5. The smallest absolute Gasteiger partial charge is 0.340 e. The third kappa shape index (κ3) is 3.64. The fraction of sp³-hybridized carbons (Fsp3) is 0.150. The van der Waals surface area contributed by atoms with E-state index in [2.05, 4.69) is 5.32 Å². The van der Waals surface area contributed by atoms with Crippen molar-refractivity contribution in [1.29, 1.82) is 0 Å². The molecular weight excluding hydrogens is 332 g/mol. The largest absolute Gasteiger partial charge is 0.462 e. The highest BCUT2D eigenvalue weighted by molar-refractivity contribution is 6.01. The van der Waals surface area contributed by atoms with Gasteiger partial charge in [-0.3, -0.25) is 9.59 Å². The number of hydrogen-bond donors (Lipinski definition) is 1. The second-order valence-electron chi connectivity index (χ2n) is 5.65. The number of carbonyl (C=O) groups excluding carboxylic acids is 2. The van der Waals surface area contributed by atoms with E-state index >= 15 is 0 Å². The minimum atomic E-state index is -0.508. The summed E-state index contributed by atoms with van der Waals surface area (Å²) in [5, 5.41) is 4.05. The fourth-order valence-electron chi connectivity index (χ4n) is 2.68. The Kier molecular flexibility index (Phi) is 5.12. The number of anilines is 1. The van der Waals surface area contributed by atoms with Gasteiger partial charge in [-0.05, 0) is 36.6 Å². The summed E-state index contributed by atoms with van der Waals surface area (Å²) >= 11 is 0. The van der Waals surface area contributed by atoms with Crippen LogP contribution in [0, 0.1) is 0 Å². The van der Waals surface area contributed by atoms with E-state index in [9.17, 15) is 14.4 Å². The molecule has 0 radical (unpaired) electrons. The monoisotopic (exact) mass is 350 g/mol. The van der Waals surface area contributed by atoms with E-state index in [1.54, 1.807) is 55.6 Å². The maximum Gasteiger partial charge on any atom is 0.340 e. The van der Waals surface area contributed by atoms with Gasteiger partial charge in [-0.1, -0.05) is 30.3 Å². The number of nitrogens with zero attached hydrogens (tertiary/aromatic N) is 1. The first-order valence-corrected chi connectivity index (χ1v) is 8.24. The van der Waals surface area contributed by atoms with Crippen molar-refractivity contribution in [3.63, 3.8) is 0 Å². The van der Waals surface area contributed by atoms with Crippen molar-refractivity contribution < 1.29 is 14.3 Å². The molecule has 0 aliphatic rings. The summed E-state index contributed by atoms with van der Waals surface area (Å²) in [5.74, 6) is -0.912. The van der Waals surface area contributed by atoms with E-state index in [1.807, 2.05) is 12.1 Å². The summed E-state index contributed by atoms with van der Waals surface area (Å²) in [4.78, 5) is 36.8. The van der Waals surface area contributed by atoms with Gasteiger partial charge in [0.25, 0.3) is 5.56 Å². The third-order valence-electron chi connectivity index (χ3n) is 3.90. The molecule has 26 heavy (non-hydrogen) atoms. The quantitative estimate of drug-likeness (QED) is 0.718. The number of nitrogens with one attached hydrogen (secondary N) is 1. The topological polar surface area (TPSA) is 77.4 Å². The van der Waals surface area contributed by atoms with Gasteiger partial charge in [0.05, 0.1) is 17.9 Å². The number of amides is 1. The number of hydrogen-bond acceptors (Lipinski definition) is 4. The zero-order valence-electron chi connectivity index (χ0n) is 14.3. The second-order valence-corrected chi connectivity index (χ2v) is 5.65. The van der Waals surface area contributed by atoms with Gasteiger partial charge >= 0.3 is 5.97 Å². The first kappa shape index (κ1) is 17.4. The molecule has 0 spiro atoms. The summed E-state index contributed by atoms with van der Waals surface area (Å²) in [6, 6.07) is 15.6. The summed E-state index contributed by atoms with van der Waals surface area (Å²) < 4.78 is 6.33. The summed E-state index contributed by atoms with van der Waals surface area (Å²) in [5.41, 5.74) is 0.385. The van der Waals surface area contributed by atoms with Gasteiger partial charge in [-0.25, -0.2) is 4.79 Å². The minimum absolute atomic E-state index is 0.152. The van der Waals surface area contributed by atoms with Crippen LogP contribution in [0.25, 0.3) is 10.8 Å². The lowest BCUT2D eigenvalue weighted by Crippen LogP contribution is -2.27. The molecule has 1 amide bonds. The van der Waals surface area contributed by atoms with Crippen LogP contribution in [0.5, 0.6) is 0 Å². The van der Waals surface area contributed by atoms with Gasteiger partial charge in [-0.15, -0.1) is 0 Å². The lowest BCUT2D eigenvalue weighted by molar-refractivity contribution is -0.116. The highest BCUT2D eigenvalue weighted by Crippen LogP contribution is 2.16. The van der Waals surface area contributed by atoms with Crippen LogP contribution < -0.4 is 10.9 Å². The fourth-order valence-corrected chi connectivity index (χ4v) is 2.68. The molecule has 0 aliphatic heterocycles. The SMILES string of the molecule is CCOC(=O)c1ccccc1NC(=O)Cn1ccc2ccccc2c1=O. The van der Waals surface area contributed by atoms with E-state index in [4.69, 9.17) is 4.74 Å². The van der Waals surface area contributed by atoms with Crippen LogP contribution in [0.15, 0.2) is 65.6 Å². The molecule has 0 saturated carbocycles. The lowest BCUT2D eigenvalue weighted by atomic mass is 10.1. The molecule has 2 aromatic carbocycles. The number of benzene rings is 2. The van der Waals surface area contributed by atoms with Crippen molar-refractivity contribution in [2.75, 3.05) is 11.9 Å². The van der Waals surface area contributed by atoms with Crippen molar-refractivity contribution in [2.45, 2.75) is 13.5 Å². The molecule has 0 unspecified atom stereocenters. The average Bonchev–Trinajstić information content (AvgIpc) is 2.65. The molecule has 3 aromatic rings. The van der Waals surface area contributed by atoms with Gasteiger partial charge in [-0.2, -0.15) is 0 Å². The zero-order valence-corrected chi connectivity index (χ0v) is 14.3. The standard InChI is InChI=1S/C20H18N2O4/c1-2-26-20(25)16-9-5-6-10-17(16)21-18(23)13-22-12-11-14-7-3-4-8-15(14)19(22)24/h3-12H,2,13H2,1H3,(H,21,23). The number of carbonyl (C=O) groups is 2. The molecule has 0 atom stereocenters. The molecule has 0 bridgehead atoms. The van der Waals surface area contributed by atoms with Gasteiger partial charge in [0, 0.05) is 11.6 Å². The number of rotatable bonds is 5. The molecular formula is C20H18N2O4. The van der Waals surface area contributed by atoms with Gasteiger partial charge < -0.3 is 14.6 Å². The van der Waals surface area contributed by atoms with E-state index in [-0.39, 0.29) is 24.3 Å². The van der Waals surface area contributed by atoms with Crippen LogP contribution in [-0.4, -0.2) is 23.1 Å². The molecule has 1 aromatic heterocycles. The molecule has 1 heterocycles. The van der Waals surface area contributed by atoms with Crippen LogP contribution in [-0.2, 0) is 16.1 Å². The van der Waals surface area contributed by atoms with Crippen LogP contribution in [0.3, 0.4) is 0 Å². The molecule has 6 heteroatoms. The summed E-state index contributed by atoms with van der Waals surface area (Å²) in [6.07, 6.45) is 1.58. The van der Waals surface area contributed by atoms with Gasteiger partial charge in [0.15, 0.2) is 0 Å². The molecule has 0 aliphatic carbocycles. The number of esters is 1. The number of fused-ring (bicyclic) bond motifs is 1. The molecule has 132 valence electrons. The van der Waals surface area contributed by atoms with Crippen molar-refractivity contribution in [1.82, 2.24) is 4.57 Å². The van der Waals surface area contributed by atoms with Crippen molar-refractivity contribution in [2.24, 2.45) is 0 Å². The Morgan fingerprint density at radius 1 is 1.04 bits per heavy atom. The number of pyridine rings is 1. The van der Waals surface area contributed by atoms with E-state index < -0.39 is 11.9 Å². The van der Waals surface area contributed by atoms with Gasteiger partial charge in [0.1, 0.15) is 6.54 Å². The number of para-hydroxylation sites is 1. The second kappa shape index (κ2) is 7.65. The predicted molar refractivity (Wildman–Crippen MR) is 99.2 cm³/mol. The van der Waals surface area contributed by atoms with Crippen molar-refractivity contribution >= 4 is 28.3 Å². The predicted octanol–water partition coefficient (Wildman–Crippen LogP) is 2.82. The maximum absolute atomic E-state index is 12.5. The molecule has 0 saturated heterocycles. The Morgan fingerprint density at radius 2 is 1.77 bits per heavy atom. The van der Waals surface area contributed by atoms with E-state index in [0.29, 0.717) is 11.1 Å². The Morgan fingerprint density at radius 3 is 2.58 bits per heavy atom. The first-order chi connectivity index (χ1) is 12.6. The van der Waals surface area contributed by atoms with Crippen molar-refractivity contribution in [3.05, 3.63) is 76.7 Å². The zero-order chi connectivity index (χ0) is 18.5. The summed E-state index contributed by atoms with van der Waals surface area (Å²) in [7, 11) is 0. The van der Waals surface area contributed by atoms with Crippen LogP contribution in [0.1, 0.15) is 17.3 Å². The summed E-state index contributed by atoms with van der Waals surface area (Å²) in [6.45, 7) is 1.81. The lowest BCUT2D eigenvalue weighted by Gasteiger charge is -2.11. The third-order valence-corrected chi connectivity index (χ3v) is 3.90. The Hall–Kier alpha value is -3.41. The Labute approximate surface area is 150 Å². The minimum Gasteiger partial charge on any atom is -0.462 e. The van der Waals surface area contributed by atoms with Crippen LogP contribution in [0.4, 0.5) is 5.69 Å². The number of ether oxygens (including phenoxy) is 1. The first-order valence-electron chi connectivity index (χ1n) is 8.24.